The lowest BCUT2D eigenvalue weighted by Crippen LogP contribution is -2.32. The predicted molar refractivity (Wildman–Crippen MR) is 98.7 cm³/mol. The molecular formula is C17H23N3O5S. The number of aryl methyl sites for hydroxylation is 1. The van der Waals surface area contributed by atoms with Crippen LogP contribution in [0.4, 0.5) is 0 Å². The highest BCUT2D eigenvalue weighted by Gasteiger charge is 2.21. The lowest BCUT2D eigenvalue weighted by atomic mass is 10.2. The van der Waals surface area contributed by atoms with E-state index in [1.54, 1.807) is 6.92 Å². The Hall–Kier alpha value is -2.26. The number of hydrogen-bond donors (Lipinski definition) is 1. The number of carbonyl (C=O) groups is 2. The Balaban J connectivity index is 2.22. The van der Waals surface area contributed by atoms with Crippen LogP contribution in [-0.4, -0.2) is 48.3 Å². The number of aromatic nitrogens is 2. The van der Waals surface area contributed by atoms with Crippen molar-refractivity contribution in [1.29, 1.82) is 0 Å². The number of nitrogens with zero attached hydrogens (tertiary/aromatic N) is 2. The Morgan fingerprint density at radius 3 is 2.81 bits per heavy atom. The zero-order valence-electron chi connectivity index (χ0n) is 15.2. The number of esters is 1. The first-order valence-corrected chi connectivity index (χ1v) is 9.22. The largest absolute Gasteiger partial charge is 0.459 e. The van der Waals surface area contributed by atoms with Gasteiger partial charge in [-0.15, -0.1) is 11.3 Å². The highest BCUT2D eigenvalue weighted by molar-refractivity contribution is 7.20. The minimum atomic E-state index is -0.509. The van der Waals surface area contributed by atoms with E-state index in [0.717, 1.165) is 24.2 Å². The molecule has 26 heavy (non-hydrogen) atoms. The number of thiophene rings is 1. The third-order valence-electron chi connectivity index (χ3n) is 3.79. The number of rotatable bonds is 9. The van der Waals surface area contributed by atoms with Gasteiger partial charge in [0.2, 0.25) is 5.91 Å². The minimum Gasteiger partial charge on any atom is -0.459 e. The number of hydrogen-bond acceptors (Lipinski definition) is 7. The molecule has 2 heterocycles. The molecule has 1 N–H and O–H groups in total. The normalized spacial score (nSPS) is 10.9. The van der Waals surface area contributed by atoms with E-state index in [4.69, 9.17) is 9.47 Å². The number of unbranched alkanes of at least 4 members (excludes halogenated alkanes) is 1. The van der Waals surface area contributed by atoms with Crippen molar-refractivity contribution in [2.75, 3.05) is 26.9 Å². The van der Waals surface area contributed by atoms with Crippen molar-refractivity contribution in [3.8, 4) is 0 Å². The zero-order chi connectivity index (χ0) is 19.1. The van der Waals surface area contributed by atoms with E-state index < -0.39 is 5.97 Å². The van der Waals surface area contributed by atoms with Gasteiger partial charge < -0.3 is 14.8 Å². The molecule has 1 amide bonds. The summed E-state index contributed by atoms with van der Waals surface area (Å²) in [6.45, 7) is 4.63. The minimum absolute atomic E-state index is 0.103. The SMILES string of the molecule is CCCCNC(=O)Cn1cnc2sc(C(=O)OCCOC)c(C)c2c1=O. The third kappa shape index (κ3) is 4.67. The maximum absolute atomic E-state index is 12.7. The monoisotopic (exact) mass is 381 g/mol. The zero-order valence-corrected chi connectivity index (χ0v) is 16.0. The molecule has 0 aliphatic rings. The smallest absolute Gasteiger partial charge is 0.348 e. The lowest BCUT2D eigenvalue weighted by molar-refractivity contribution is -0.121. The summed E-state index contributed by atoms with van der Waals surface area (Å²) >= 11 is 1.11. The first-order chi connectivity index (χ1) is 12.5. The second-order valence-corrected chi connectivity index (χ2v) is 6.75. The standard InChI is InChI=1S/C17H23N3O5S/c1-4-5-6-18-12(21)9-20-10-19-15-13(16(20)22)11(2)14(26-15)17(23)25-8-7-24-3/h10H,4-9H2,1-3H3,(H,18,21). The molecule has 0 unspecified atom stereocenters. The van der Waals surface area contributed by atoms with Crippen molar-refractivity contribution < 1.29 is 19.1 Å². The van der Waals surface area contributed by atoms with Crippen LogP contribution in [0.5, 0.6) is 0 Å². The summed E-state index contributed by atoms with van der Waals surface area (Å²) in [5.74, 6) is -0.750. The van der Waals surface area contributed by atoms with Crippen molar-refractivity contribution in [3.63, 3.8) is 0 Å². The van der Waals surface area contributed by atoms with Gasteiger partial charge in [-0.3, -0.25) is 14.2 Å². The van der Waals surface area contributed by atoms with Gasteiger partial charge in [0.25, 0.3) is 5.56 Å². The number of amides is 1. The Kier molecular flexibility index (Phi) is 7.28. The fourth-order valence-corrected chi connectivity index (χ4v) is 3.40. The number of nitrogens with one attached hydrogen (secondary N) is 1. The van der Waals surface area contributed by atoms with E-state index in [1.807, 2.05) is 6.92 Å². The lowest BCUT2D eigenvalue weighted by Gasteiger charge is -2.06. The van der Waals surface area contributed by atoms with Crippen molar-refractivity contribution >= 4 is 33.4 Å². The van der Waals surface area contributed by atoms with Gasteiger partial charge in [0.05, 0.1) is 18.3 Å². The molecule has 0 aromatic carbocycles. The molecule has 0 radical (unpaired) electrons. The maximum atomic E-state index is 12.7. The van der Waals surface area contributed by atoms with Gasteiger partial charge in [-0.2, -0.15) is 0 Å². The molecule has 2 aromatic rings. The van der Waals surface area contributed by atoms with Crippen LogP contribution >= 0.6 is 11.3 Å². The highest BCUT2D eigenvalue weighted by Crippen LogP contribution is 2.27. The van der Waals surface area contributed by atoms with Gasteiger partial charge in [-0.25, -0.2) is 9.78 Å². The number of methoxy groups -OCH3 is 1. The average molecular weight is 381 g/mol. The summed E-state index contributed by atoms with van der Waals surface area (Å²) < 4.78 is 11.2. The summed E-state index contributed by atoms with van der Waals surface area (Å²) in [5.41, 5.74) is 0.177. The van der Waals surface area contributed by atoms with E-state index >= 15 is 0 Å². The van der Waals surface area contributed by atoms with Gasteiger partial charge in [0.15, 0.2) is 0 Å². The van der Waals surface area contributed by atoms with Crippen LogP contribution in [-0.2, 0) is 20.8 Å². The van der Waals surface area contributed by atoms with Crippen LogP contribution in [0.15, 0.2) is 11.1 Å². The Bertz CT molecular complexity index is 843. The Morgan fingerprint density at radius 1 is 1.35 bits per heavy atom. The molecule has 0 spiro atoms. The van der Waals surface area contributed by atoms with Gasteiger partial charge >= 0.3 is 5.97 Å². The molecule has 0 bridgehead atoms. The van der Waals surface area contributed by atoms with Crippen LogP contribution in [0.1, 0.15) is 35.0 Å². The topological polar surface area (TPSA) is 99.5 Å². The van der Waals surface area contributed by atoms with Gasteiger partial charge in [0, 0.05) is 13.7 Å². The van der Waals surface area contributed by atoms with Crippen molar-refractivity contribution in [3.05, 3.63) is 27.1 Å². The Morgan fingerprint density at radius 2 is 2.12 bits per heavy atom. The van der Waals surface area contributed by atoms with Crippen molar-refractivity contribution in [2.45, 2.75) is 33.2 Å². The maximum Gasteiger partial charge on any atom is 0.348 e. The summed E-state index contributed by atoms with van der Waals surface area (Å²) in [7, 11) is 1.52. The molecule has 9 heteroatoms. The van der Waals surface area contributed by atoms with E-state index in [1.165, 1.54) is 18.0 Å². The summed E-state index contributed by atoms with van der Waals surface area (Å²) in [5, 5.41) is 3.11. The first kappa shape index (κ1) is 20.1. The van der Waals surface area contributed by atoms with Gasteiger partial charge in [-0.05, 0) is 18.9 Å². The predicted octanol–water partition coefficient (Wildman–Crippen LogP) is 1.49. The fourth-order valence-electron chi connectivity index (χ4n) is 2.36. The van der Waals surface area contributed by atoms with Crippen molar-refractivity contribution in [2.24, 2.45) is 0 Å². The van der Waals surface area contributed by atoms with Gasteiger partial charge in [-0.1, -0.05) is 13.3 Å². The van der Waals surface area contributed by atoms with E-state index in [0.29, 0.717) is 33.8 Å². The number of fused-ring (bicyclic) bond motifs is 1. The second-order valence-electron chi connectivity index (χ2n) is 5.75. The molecule has 0 saturated carbocycles. The molecule has 8 nitrogen and oxygen atoms in total. The number of ether oxygens (including phenoxy) is 2. The molecule has 0 saturated heterocycles. The van der Waals surface area contributed by atoms with Crippen LogP contribution in [0.25, 0.3) is 10.2 Å². The molecule has 0 aliphatic carbocycles. The van der Waals surface area contributed by atoms with Crippen LogP contribution in [0, 0.1) is 6.92 Å². The Labute approximate surface area is 155 Å². The molecule has 0 aliphatic heterocycles. The molecule has 142 valence electrons. The molecule has 2 aromatic heterocycles. The summed E-state index contributed by atoms with van der Waals surface area (Å²) in [6, 6.07) is 0. The first-order valence-electron chi connectivity index (χ1n) is 8.40. The molecule has 0 atom stereocenters. The quantitative estimate of drug-likeness (QED) is 0.522. The van der Waals surface area contributed by atoms with E-state index in [9.17, 15) is 14.4 Å². The van der Waals surface area contributed by atoms with Gasteiger partial charge in [0.1, 0.15) is 22.9 Å². The number of carbonyl (C=O) groups excluding carboxylic acids is 2. The van der Waals surface area contributed by atoms with E-state index in [2.05, 4.69) is 10.3 Å². The summed E-state index contributed by atoms with van der Waals surface area (Å²) in [4.78, 5) is 41.8. The van der Waals surface area contributed by atoms with Crippen molar-refractivity contribution in [1.82, 2.24) is 14.9 Å². The average Bonchev–Trinajstić information content (AvgIpc) is 2.95. The summed E-state index contributed by atoms with van der Waals surface area (Å²) in [6.07, 6.45) is 3.20. The fraction of sp³-hybridized carbons (Fsp3) is 0.529. The van der Waals surface area contributed by atoms with E-state index in [-0.39, 0.29) is 24.6 Å². The molecular weight excluding hydrogens is 358 g/mol. The van der Waals surface area contributed by atoms with Crippen LogP contribution in [0.3, 0.4) is 0 Å². The third-order valence-corrected chi connectivity index (χ3v) is 4.97. The van der Waals surface area contributed by atoms with Crippen LogP contribution < -0.4 is 10.9 Å². The highest BCUT2D eigenvalue weighted by atomic mass is 32.1. The second kappa shape index (κ2) is 9.44. The molecule has 2 rings (SSSR count). The molecule has 0 fully saturated rings. The van der Waals surface area contributed by atoms with Crippen LogP contribution in [0.2, 0.25) is 0 Å².